The third-order valence-corrected chi connectivity index (χ3v) is 1.50. The van der Waals surface area contributed by atoms with Crippen LogP contribution in [0.4, 0.5) is 0 Å². The molecule has 0 rings (SSSR count). The van der Waals surface area contributed by atoms with Crippen molar-refractivity contribution in [2.75, 3.05) is 0 Å². The molecule has 0 fully saturated rings. The van der Waals surface area contributed by atoms with Gasteiger partial charge in [0.25, 0.3) is 0 Å². The van der Waals surface area contributed by atoms with E-state index in [2.05, 4.69) is 0 Å². The van der Waals surface area contributed by atoms with Gasteiger partial charge in [0.2, 0.25) is 0 Å². The normalized spacial score (nSPS) is 18.1. The fourth-order valence-electron chi connectivity index (χ4n) is 0.666. The fraction of sp³-hybridized carbons (Fsp3) is 0.667. The van der Waals surface area contributed by atoms with Crippen LogP contribution < -0.4 is 51.4 Å². The first-order chi connectivity index (χ1) is 6.29. The van der Waals surface area contributed by atoms with Crippen molar-refractivity contribution in [3.05, 3.63) is 0 Å². The SMILES string of the molecule is O=C(O)C(O)C(O)C(O)C(O)C(=O)O.[K+]. The van der Waals surface area contributed by atoms with Crippen molar-refractivity contribution in [1.82, 2.24) is 0 Å². The Balaban J connectivity index is 0. The van der Waals surface area contributed by atoms with Crippen molar-refractivity contribution in [2.24, 2.45) is 0 Å². The van der Waals surface area contributed by atoms with Gasteiger partial charge in [-0.1, -0.05) is 0 Å². The number of rotatable bonds is 5. The van der Waals surface area contributed by atoms with Crippen LogP contribution in [-0.4, -0.2) is 67.0 Å². The van der Waals surface area contributed by atoms with Gasteiger partial charge in [0, 0.05) is 0 Å². The van der Waals surface area contributed by atoms with E-state index in [-0.39, 0.29) is 51.4 Å². The molecule has 0 heterocycles. The van der Waals surface area contributed by atoms with Crippen LogP contribution >= 0.6 is 0 Å². The molecule has 0 aliphatic carbocycles. The Hall–Kier alpha value is 0.416. The smallest absolute Gasteiger partial charge is 0.479 e. The Morgan fingerprint density at radius 2 is 0.933 bits per heavy atom. The van der Waals surface area contributed by atoms with Gasteiger partial charge in [0.1, 0.15) is 12.2 Å². The number of aliphatic hydroxyl groups excluding tert-OH is 4. The standard InChI is InChI=1S/C6H10O8.K/c7-1(3(9)5(11)12)2(8)4(10)6(13)14;/h1-4,7-10H,(H,11,12)(H,13,14);/q;+1. The molecule has 0 aliphatic heterocycles. The third-order valence-electron chi connectivity index (χ3n) is 1.50. The quantitative estimate of drug-likeness (QED) is 0.263. The van der Waals surface area contributed by atoms with Crippen LogP contribution in [0.2, 0.25) is 0 Å². The summed E-state index contributed by atoms with van der Waals surface area (Å²) < 4.78 is 0. The molecule has 0 aliphatic rings. The van der Waals surface area contributed by atoms with E-state index in [1.807, 2.05) is 0 Å². The van der Waals surface area contributed by atoms with Crippen LogP contribution in [-0.2, 0) is 9.59 Å². The Bertz CT molecular complexity index is 207. The monoisotopic (exact) mass is 249 g/mol. The number of aliphatic carboxylic acids is 2. The molecule has 0 bridgehead atoms. The number of aliphatic hydroxyl groups is 4. The Labute approximate surface area is 127 Å². The van der Waals surface area contributed by atoms with Gasteiger partial charge in [-0.05, 0) is 0 Å². The average molecular weight is 249 g/mol. The molecule has 0 aromatic carbocycles. The van der Waals surface area contributed by atoms with Gasteiger partial charge < -0.3 is 30.6 Å². The summed E-state index contributed by atoms with van der Waals surface area (Å²) in [6.07, 6.45) is -9.28. The predicted octanol–water partition coefficient (Wildman–Crippen LogP) is -6.40. The van der Waals surface area contributed by atoms with Crippen molar-refractivity contribution < 1.29 is 91.6 Å². The minimum absolute atomic E-state index is 0. The van der Waals surface area contributed by atoms with E-state index in [4.69, 9.17) is 30.6 Å². The van der Waals surface area contributed by atoms with Crippen molar-refractivity contribution in [1.29, 1.82) is 0 Å². The second kappa shape index (κ2) is 7.65. The van der Waals surface area contributed by atoms with Crippen LogP contribution in [0, 0.1) is 0 Å². The summed E-state index contributed by atoms with van der Waals surface area (Å²) in [6, 6.07) is 0. The Morgan fingerprint density at radius 1 is 0.733 bits per heavy atom. The van der Waals surface area contributed by atoms with Gasteiger partial charge in [0.05, 0.1) is 0 Å². The maximum Gasteiger partial charge on any atom is 1.00 e. The van der Waals surface area contributed by atoms with Crippen LogP contribution in [0.15, 0.2) is 0 Å². The molecule has 0 radical (unpaired) electrons. The summed E-state index contributed by atoms with van der Waals surface area (Å²) >= 11 is 0. The van der Waals surface area contributed by atoms with Crippen LogP contribution in [0.25, 0.3) is 0 Å². The number of carboxylic acids is 2. The first kappa shape index (κ1) is 17.8. The zero-order valence-corrected chi connectivity index (χ0v) is 10.9. The van der Waals surface area contributed by atoms with E-state index in [0.717, 1.165) is 0 Å². The predicted molar refractivity (Wildman–Crippen MR) is 39.3 cm³/mol. The molecule has 4 unspecified atom stereocenters. The molecule has 0 aromatic heterocycles. The summed E-state index contributed by atoms with van der Waals surface area (Å²) in [5.74, 6) is -3.68. The largest absolute Gasteiger partial charge is 1.00 e. The zero-order chi connectivity index (χ0) is 11.5. The van der Waals surface area contributed by atoms with E-state index in [0.29, 0.717) is 0 Å². The zero-order valence-electron chi connectivity index (χ0n) is 7.81. The second-order valence-electron chi connectivity index (χ2n) is 2.55. The van der Waals surface area contributed by atoms with Crippen LogP contribution in [0.1, 0.15) is 0 Å². The average Bonchev–Trinajstić information content (AvgIpc) is 2.12. The topological polar surface area (TPSA) is 156 Å². The molecular weight excluding hydrogens is 239 g/mol. The van der Waals surface area contributed by atoms with E-state index < -0.39 is 36.4 Å². The first-order valence-electron chi connectivity index (χ1n) is 3.47. The number of carboxylic acid groups (broad SMARTS) is 2. The van der Waals surface area contributed by atoms with E-state index in [1.54, 1.807) is 0 Å². The molecule has 0 saturated carbocycles. The number of hydrogen-bond acceptors (Lipinski definition) is 6. The maximum absolute atomic E-state index is 10.1. The van der Waals surface area contributed by atoms with Gasteiger partial charge in [-0.2, -0.15) is 0 Å². The van der Waals surface area contributed by atoms with Gasteiger partial charge in [-0.3, -0.25) is 0 Å². The first-order valence-corrected chi connectivity index (χ1v) is 3.47. The van der Waals surface area contributed by atoms with Crippen molar-refractivity contribution in [3.8, 4) is 0 Å². The fourth-order valence-corrected chi connectivity index (χ4v) is 0.666. The van der Waals surface area contributed by atoms with E-state index in [1.165, 1.54) is 0 Å². The summed E-state index contributed by atoms with van der Waals surface area (Å²) in [5.41, 5.74) is 0. The van der Waals surface area contributed by atoms with Gasteiger partial charge >= 0.3 is 63.3 Å². The molecule has 0 aromatic rings. The van der Waals surface area contributed by atoms with Crippen molar-refractivity contribution >= 4 is 11.9 Å². The van der Waals surface area contributed by atoms with E-state index in [9.17, 15) is 9.59 Å². The van der Waals surface area contributed by atoms with E-state index >= 15 is 0 Å². The van der Waals surface area contributed by atoms with Crippen molar-refractivity contribution in [2.45, 2.75) is 24.4 Å². The minimum atomic E-state index is -2.36. The van der Waals surface area contributed by atoms with Crippen molar-refractivity contribution in [3.63, 3.8) is 0 Å². The second-order valence-corrected chi connectivity index (χ2v) is 2.55. The molecule has 6 N–H and O–H groups in total. The van der Waals surface area contributed by atoms with Crippen LogP contribution in [0.3, 0.4) is 0 Å². The molecule has 4 atom stereocenters. The number of carbonyl (C=O) groups is 2. The van der Waals surface area contributed by atoms with Crippen LogP contribution in [0.5, 0.6) is 0 Å². The summed E-state index contributed by atoms with van der Waals surface area (Å²) in [5, 5.41) is 51.5. The van der Waals surface area contributed by atoms with Gasteiger partial charge in [-0.25, -0.2) is 9.59 Å². The molecule has 0 saturated heterocycles. The molecule has 0 spiro atoms. The minimum Gasteiger partial charge on any atom is -0.479 e. The molecule has 0 amide bonds. The van der Waals surface area contributed by atoms with Gasteiger partial charge in [-0.15, -0.1) is 0 Å². The maximum atomic E-state index is 10.1. The molecule has 8 nitrogen and oxygen atoms in total. The Morgan fingerprint density at radius 3 is 1.07 bits per heavy atom. The number of hydrogen-bond donors (Lipinski definition) is 6. The molecule has 82 valence electrons. The summed E-state index contributed by atoms with van der Waals surface area (Å²) in [6.45, 7) is 0. The summed E-state index contributed by atoms with van der Waals surface area (Å²) in [7, 11) is 0. The third kappa shape index (κ3) is 5.33. The molecule has 9 heteroatoms. The molecule has 15 heavy (non-hydrogen) atoms. The molecular formula is C6H10KO8+. The van der Waals surface area contributed by atoms with Gasteiger partial charge in [0.15, 0.2) is 12.2 Å². The summed E-state index contributed by atoms with van der Waals surface area (Å²) in [4.78, 5) is 20.2. The Kier molecular flexibility index (Phi) is 9.08.